The molecule has 0 aliphatic rings. The van der Waals surface area contributed by atoms with Crippen molar-refractivity contribution >= 4 is 11.6 Å². The van der Waals surface area contributed by atoms with Gasteiger partial charge in [0.05, 0.1) is 7.11 Å². The predicted molar refractivity (Wildman–Crippen MR) is 90.0 cm³/mol. The Kier molecular flexibility index (Phi) is 5.51. The van der Waals surface area contributed by atoms with E-state index in [9.17, 15) is 4.79 Å². The Labute approximate surface area is 136 Å². The third kappa shape index (κ3) is 4.67. The highest BCUT2D eigenvalue weighted by molar-refractivity contribution is 5.92. The maximum atomic E-state index is 12.1. The topological polar surface area (TPSA) is 67.3 Å². The number of hydrogen-bond donors (Lipinski definition) is 1. The molecule has 6 nitrogen and oxygen atoms in total. The van der Waals surface area contributed by atoms with E-state index in [1.54, 1.807) is 12.1 Å². The second-order valence-electron chi connectivity index (χ2n) is 5.60. The summed E-state index contributed by atoms with van der Waals surface area (Å²) in [7, 11) is 5.52. The highest BCUT2D eigenvalue weighted by atomic mass is 16.5. The molecule has 0 aliphatic heterocycles. The van der Waals surface area contributed by atoms with Gasteiger partial charge in [0, 0.05) is 31.9 Å². The molecule has 0 fully saturated rings. The minimum Gasteiger partial charge on any atom is -0.480 e. The molecular weight excluding hydrogens is 292 g/mol. The van der Waals surface area contributed by atoms with Gasteiger partial charge in [-0.05, 0) is 37.1 Å². The number of carbonyl (C=O) groups is 1. The number of amides is 1. The third-order valence-electron chi connectivity index (χ3n) is 3.45. The number of aromatic nitrogens is 2. The molecule has 0 bridgehead atoms. The molecule has 0 radical (unpaired) electrons. The molecule has 0 spiro atoms. The quantitative estimate of drug-likeness (QED) is 0.882. The number of methoxy groups -OCH3 is 1. The maximum absolute atomic E-state index is 12.1. The summed E-state index contributed by atoms with van der Waals surface area (Å²) >= 11 is 0. The van der Waals surface area contributed by atoms with Crippen LogP contribution in [0.15, 0.2) is 36.4 Å². The van der Waals surface area contributed by atoms with Gasteiger partial charge < -0.3 is 15.0 Å². The van der Waals surface area contributed by atoms with Gasteiger partial charge in [-0.15, -0.1) is 10.2 Å². The number of benzene rings is 1. The van der Waals surface area contributed by atoms with E-state index in [2.05, 4.69) is 44.7 Å². The minimum atomic E-state index is -0.238. The van der Waals surface area contributed by atoms with Gasteiger partial charge in [-0.1, -0.05) is 12.1 Å². The van der Waals surface area contributed by atoms with Crippen molar-refractivity contribution in [3.63, 3.8) is 0 Å². The highest BCUT2D eigenvalue weighted by Crippen LogP contribution is 2.13. The minimum absolute atomic E-state index is 0.00314. The Morgan fingerprint density at radius 1 is 1.17 bits per heavy atom. The van der Waals surface area contributed by atoms with Crippen molar-refractivity contribution in [1.29, 1.82) is 0 Å². The van der Waals surface area contributed by atoms with Crippen LogP contribution in [0.4, 0.5) is 5.69 Å². The zero-order chi connectivity index (χ0) is 16.8. The molecule has 0 saturated heterocycles. The summed E-state index contributed by atoms with van der Waals surface area (Å²) in [5.41, 5.74) is 2.60. The van der Waals surface area contributed by atoms with Crippen LogP contribution >= 0.6 is 0 Å². The molecular formula is C17H22N4O2. The average Bonchev–Trinajstić information content (AvgIpc) is 2.55. The maximum Gasteiger partial charge on any atom is 0.272 e. The van der Waals surface area contributed by atoms with Crippen LogP contribution in [0.25, 0.3) is 0 Å². The SMILES string of the molecule is COc1ccc(C(=O)N[C@@H](C)Cc2ccc(N(C)C)cc2)nn1. The van der Waals surface area contributed by atoms with E-state index < -0.39 is 0 Å². The summed E-state index contributed by atoms with van der Waals surface area (Å²) in [6, 6.07) is 11.5. The van der Waals surface area contributed by atoms with Crippen molar-refractivity contribution in [2.75, 3.05) is 26.1 Å². The lowest BCUT2D eigenvalue weighted by atomic mass is 10.1. The van der Waals surface area contributed by atoms with Crippen LogP contribution in [0.1, 0.15) is 23.0 Å². The van der Waals surface area contributed by atoms with Gasteiger partial charge in [-0.2, -0.15) is 0 Å². The molecule has 1 atom stereocenters. The van der Waals surface area contributed by atoms with E-state index in [0.717, 1.165) is 12.1 Å². The van der Waals surface area contributed by atoms with E-state index in [1.807, 2.05) is 21.0 Å². The van der Waals surface area contributed by atoms with E-state index >= 15 is 0 Å². The second kappa shape index (κ2) is 7.58. The van der Waals surface area contributed by atoms with Gasteiger partial charge >= 0.3 is 0 Å². The highest BCUT2D eigenvalue weighted by Gasteiger charge is 2.12. The van der Waals surface area contributed by atoms with Crippen LogP contribution in [-0.2, 0) is 6.42 Å². The van der Waals surface area contributed by atoms with E-state index in [-0.39, 0.29) is 17.6 Å². The summed E-state index contributed by atoms with van der Waals surface area (Å²) in [5, 5.41) is 10.6. The fourth-order valence-electron chi connectivity index (χ4n) is 2.18. The molecule has 23 heavy (non-hydrogen) atoms. The van der Waals surface area contributed by atoms with Gasteiger partial charge in [-0.3, -0.25) is 4.79 Å². The molecule has 122 valence electrons. The molecule has 0 unspecified atom stereocenters. The molecule has 2 aromatic rings. The summed E-state index contributed by atoms with van der Waals surface area (Å²) < 4.78 is 4.93. The van der Waals surface area contributed by atoms with Crippen LogP contribution in [-0.4, -0.2) is 43.4 Å². The Morgan fingerprint density at radius 3 is 2.39 bits per heavy atom. The smallest absolute Gasteiger partial charge is 0.272 e. The van der Waals surface area contributed by atoms with Gasteiger partial charge in [0.2, 0.25) is 5.88 Å². The van der Waals surface area contributed by atoms with Crippen molar-refractivity contribution in [3.05, 3.63) is 47.7 Å². The van der Waals surface area contributed by atoms with E-state index in [4.69, 9.17) is 4.74 Å². The lowest BCUT2D eigenvalue weighted by Gasteiger charge is -2.15. The van der Waals surface area contributed by atoms with Crippen molar-refractivity contribution in [1.82, 2.24) is 15.5 Å². The summed E-state index contributed by atoms with van der Waals surface area (Å²) in [6.45, 7) is 1.97. The predicted octanol–water partition coefficient (Wildman–Crippen LogP) is 1.91. The fourth-order valence-corrected chi connectivity index (χ4v) is 2.18. The van der Waals surface area contributed by atoms with Crippen molar-refractivity contribution in [2.45, 2.75) is 19.4 Å². The first-order valence-corrected chi connectivity index (χ1v) is 7.44. The Balaban J connectivity index is 1.92. The van der Waals surface area contributed by atoms with Gasteiger partial charge in [0.25, 0.3) is 5.91 Å². The average molecular weight is 314 g/mol. The van der Waals surface area contributed by atoms with Crippen LogP contribution in [0.3, 0.4) is 0 Å². The number of ether oxygens (including phenoxy) is 1. The fraction of sp³-hybridized carbons (Fsp3) is 0.353. The number of nitrogens with zero attached hydrogens (tertiary/aromatic N) is 3. The van der Waals surface area contributed by atoms with Crippen LogP contribution in [0.2, 0.25) is 0 Å². The van der Waals surface area contributed by atoms with Crippen LogP contribution < -0.4 is 15.0 Å². The summed E-state index contributed by atoms with van der Waals surface area (Å²) in [5.74, 6) is 0.146. The normalized spacial score (nSPS) is 11.7. The first-order chi connectivity index (χ1) is 11.0. The Hall–Kier alpha value is -2.63. The zero-order valence-electron chi connectivity index (χ0n) is 13.9. The largest absolute Gasteiger partial charge is 0.480 e. The Bertz CT molecular complexity index is 639. The number of hydrogen-bond acceptors (Lipinski definition) is 5. The zero-order valence-corrected chi connectivity index (χ0v) is 13.9. The lowest BCUT2D eigenvalue weighted by Crippen LogP contribution is -2.34. The molecule has 1 aromatic carbocycles. The van der Waals surface area contributed by atoms with Crippen LogP contribution in [0.5, 0.6) is 5.88 Å². The molecule has 6 heteroatoms. The molecule has 1 aromatic heterocycles. The van der Waals surface area contributed by atoms with Gasteiger partial charge in [0.15, 0.2) is 5.69 Å². The first kappa shape index (κ1) is 16.7. The van der Waals surface area contributed by atoms with Gasteiger partial charge in [0.1, 0.15) is 0 Å². The third-order valence-corrected chi connectivity index (χ3v) is 3.45. The lowest BCUT2D eigenvalue weighted by molar-refractivity contribution is 0.0934. The molecule has 2 rings (SSSR count). The number of rotatable bonds is 6. The monoisotopic (exact) mass is 314 g/mol. The number of anilines is 1. The number of carbonyl (C=O) groups excluding carboxylic acids is 1. The second-order valence-corrected chi connectivity index (χ2v) is 5.60. The number of nitrogens with one attached hydrogen (secondary N) is 1. The molecule has 1 amide bonds. The molecule has 1 N–H and O–H groups in total. The van der Waals surface area contributed by atoms with Crippen molar-refractivity contribution in [2.24, 2.45) is 0 Å². The van der Waals surface area contributed by atoms with Gasteiger partial charge in [-0.25, -0.2) is 0 Å². The van der Waals surface area contributed by atoms with Crippen molar-refractivity contribution in [3.8, 4) is 5.88 Å². The van der Waals surface area contributed by atoms with E-state index in [0.29, 0.717) is 5.88 Å². The van der Waals surface area contributed by atoms with E-state index in [1.165, 1.54) is 12.7 Å². The standard InChI is InChI=1S/C17H22N4O2/c1-12(11-13-5-7-14(8-6-13)21(2)3)18-17(22)15-9-10-16(23-4)20-19-15/h5-10,12H,11H2,1-4H3,(H,18,22)/t12-/m0/s1. The summed E-state index contributed by atoms with van der Waals surface area (Å²) in [4.78, 5) is 14.2. The van der Waals surface area contributed by atoms with Crippen molar-refractivity contribution < 1.29 is 9.53 Å². The Morgan fingerprint density at radius 2 is 1.87 bits per heavy atom. The van der Waals surface area contributed by atoms with Crippen LogP contribution in [0, 0.1) is 0 Å². The molecule has 0 aliphatic carbocycles. The molecule has 0 saturated carbocycles. The summed E-state index contributed by atoms with van der Waals surface area (Å²) in [6.07, 6.45) is 0.753. The first-order valence-electron chi connectivity index (χ1n) is 7.44. The molecule has 1 heterocycles.